The van der Waals surface area contributed by atoms with Gasteiger partial charge in [-0.1, -0.05) is 13.8 Å². The van der Waals surface area contributed by atoms with Crippen molar-refractivity contribution in [2.45, 2.75) is 39.0 Å². The Hall–Kier alpha value is -1.34. The van der Waals surface area contributed by atoms with Gasteiger partial charge in [0.25, 0.3) is 5.91 Å². The molecule has 0 aromatic rings. The highest BCUT2D eigenvalue weighted by Crippen LogP contribution is 2.23. The van der Waals surface area contributed by atoms with E-state index in [9.17, 15) is 27.2 Å². The largest absolute Gasteiger partial charge is 0.481 e. The average Bonchev–Trinajstić information content (AvgIpc) is 2.23. The van der Waals surface area contributed by atoms with Crippen LogP contribution in [-0.2, 0) is 9.59 Å². The number of halogens is 4. The van der Waals surface area contributed by atoms with E-state index < -0.39 is 30.1 Å². The van der Waals surface area contributed by atoms with Crippen LogP contribution in [0.25, 0.3) is 0 Å². The first-order chi connectivity index (χ1) is 8.57. The Bertz CT molecular complexity index is 321. The summed E-state index contributed by atoms with van der Waals surface area (Å²) in [5.74, 6) is -8.46. The van der Waals surface area contributed by atoms with Gasteiger partial charge in [0.2, 0.25) is 0 Å². The minimum Gasteiger partial charge on any atom is -0.481 e. The molecular weight excluding hydrogens is 270 g/mol. The third-order valence-electron chi connectivity index (χ3n) is 2.40. The molecule has 4 nitrogen and oxygen atoms in total. The summed E-state index contributed by atoms with van der Waals surface area (Å²) in [5.41, 5.74) is 0. The van der Waals surface area contributed by atoms with Gasteiger partial charge in [-0.15, -0.1) is 0 Å². The third kappa shape index (κ3) is 6.40. The molecule has 19 heavy (non-hydrogen) atoms. The van der Waals surface area contributed by atoms with Gasteiger partial charge in [-0.3, -0.25) is 9.59 Å². The number of amides is 1. The monoisotopic (exact) mass is 287 g/mol. The van der Waals surface area contributed by atoms with Gasteiger partial charge in [0.15, 0.2) is 0 Å². The van der Waals surface area contributed by atoms with Gasteiger partial charge in [0.05, 0.1) is 0 Å². The van der Waals surface area contributed by atoms with Crippen LogP contribution < -0.4 is 5.32 Å². The average molecular weight is 287 g/mol. The van der Waals surface area contributed by atoms with Gasteiger partial charge >= 0.3 is 18.3 Å². The van der Waals surface area contributed by atoms with Crippen molar-refractivity contribution >= 4 is 11.9 Å². The van der Waals surface area contributed by atoms with Crippen LogP contribution in [0.2, 0.25) is 0 Å². The Balaban J connectivity index is 4.46. The van der Waals surface area contributed by atoms with Crippen molar-refractivity contribution in [2.24, 2.45) is 11.8 Å². The molecule has 0 aliphatic carbocycles. The second-order valence-electron chi connectivity index (χ2n) is 4.73. The second kappa shape index (κ2) is 7.30. The zero-order valence-corrected chi connectivity index (χ0v) is 10.6. The van der Waals surface area contributed by atoms with E-state index in [4.69, 9.17) is 5.11 Å². The molecule has 0 spiro atoms. The van der Waals surface area contributed by atoms with Crippen molar-refractivity contribution in [3.63, 3.8) is 0 Å². The van der Waals surface area contributed by atoms with Crippen LogP contribution >= 0.6 is 0 Å². The number of hydrogen-bond acceptors (Lipinski definition) is 2. The number of carbonyl (C=O) groups is 2. The summed E-state index contributed by atoms with van der Waals surface area (Å²) >= 11 is 0. The van der Waals surface area contributed by atoms with Crippen molar-refractivity contribution < 1.29 is 32.3 Å². The smallest absolute Gasteiger partial charge is 0.383 e. The van der Waals surface area contributed by atoms with Crippen LogP contribution in [0.5, 0.6) is 0 Å². The van der Waals surface area contributed by atoms with E-state index in [-0.39, 0.29) is 18.9 Å². The molecule has 0 radical (unpaired) electrons. The van der Waals surface area contributed by atoms with Crippen molar-refractivity contribution in [1.82, 2.24) is 5.32 Å². The summed E-state index contributed by atoms with van der Waals surface area (Å²) in [6.07, 6.45) is -4.03. The molecule has 0 aliphatic rings. The van der Waals surface area contributed by atoms with Crippen LogP contribution in [-0.4, -0.2) is 35.9 Å². The van der Waals surface area contributed by atoms with E-state index >= 15 is 0 Å². The summed E-state index contributed by atoms with van der Waals surface area (Å²) in [4.78, 5) is 21.5. The van der Waals surface area contributed by atoms with Gasteiger partial charge in [-0.05, 0) is 18.3 Å². The van der Waals surface area contributed by atoms with Gasteiger partial charge in [0, 0.05) is 13.0 Å². The molecule has 1 amide bonds. The summed E-state index contributed by atoms with van der Waals surface area (Å²) in [6.45, 7) is 3.22. The second-order valence-corrected chi connectivity index (χ2v) is 4.73. The molecule has 0 bridgehead atoms. The van der Waals surface area contributed by atoms with Crippen LogP contribution in [0.15, 0.2) is 0 Å². The number of alkyl halides is 4. The normalized spacial score (nSPS) is 13.7. The Labute approximate surface area is 108 Å². The van der Waals surface area contributed by atoms with Crippen molar-refractivity contribution in [3.8, 4) is 0 Å². The Morgan fingerprint density at radius 3 is 2.16 bits per heavy atom. The molecule has 0 aliphatic heterocycles. The predicted molar refractivity (Wildman–Crippen MR) is 59.2 cm³/mol. The van der Waals surface area contributed by atoms with E-state index in [2.05, 4.69) is 0 Å². The Morgan fingerprint density at radius 2 is 1.79 bits per heavy atom. The number of hydrogen-bond donors (Lipinski definition) is 2. The molecule has 0 aromatic heterocycles. The third-order valence-corrected chi connectivity index (χ3v) is 2.40. The van der Waals surface area contributed by atoms with Gasteiger partial charge in [-0.25, -0.2) is 8.78 Å². The Morgan fingerprint density at radius 1 is 1.26 bits per heavy atom. The summed E-state index contributed by atoms with van der Waals surface area (Å²) in [7, 11) is 0. The number of carboxylic acids is 1. The standard InChI is InChI=1S/C11H17F4NO3/c1-6(2)3-7(4-8(17)18)5-16-10(19)11(14,15)9(12)13/h6-7,9H,3-5H2,1-2H3,(H,16,19)(H,17,18). The maximum atomic E-state index is 12.6. The maximum Gasteiger partial charge on any atom is 0.383 e. The summed E-state index contributed by atoms with van der Waals surface area (Å²) < 4.78 is 49.1. The lowest BCUT2D eigenvalue weighted by Gasteiger charge is -2.20. The Kier molecular flexibility index (Phi) is 6.78. The number of carboxylic acid groups (broad SMARTS) is 1. The fraction of sp³-hybridized carbons (Fsp3) is 0.818. The first-order valence-electron chi connectivity index (χ1n) is 5.73. The number of rotatable bonds is 8. The maximum absolute atomic E-state index is 12.6. The number of carbonyl (C=O) groups excluding carboxylic acids is 1. The lowest BCUT2D eigenvalue weighted by atomic mass is 9.94. The first-order valence-corrected chi connectivity index (χ1v) is 5.73. The zero-order valence-electron chi connectivity index (χ0n) is 10.6. The molecule has 0 saturated heterocycles. The van der Waals surface area contributed by atoms with E-state index in [1.807, 2.05) is 0 Å². The van der Waals surface area contributed by atoms with Crippen LogP contribution in [0.3, 0.4) is 0 Å². The van der Waals surface area contributed by atoms with E-state index in [1.165, 1.54) is 0 Å². The SMILES string of the molecule is CC(C)CC(CNC(=O)C(F)(F)C(F)F)CC(=O)O. The van der Waals surface area contributed by atoms with Crippen LogP contribution in [0.4, 0.5) is 17.6 Å². The highest BCUT2D eigenvalue weighted by Gasteiger charge is 2.48. The molecule has 0 heterocycles. The van der Waals surface area contributed by atoms with Crippen molar-refractivity contribution in [2.75, 3.05) is 6.54 Å². The highest BCUT2D eigenvalue weighted by molar-refractivity contribution is 5.83. The predicted octanol–water partition coefficient (Wildman–Crippen LogP) is 2.14. The molecule has 8 heteroatoms. The fourth-order valence-corrected chi connectivity index (χ4v) is 1.61. The lowest BCUT2D eigenvalue weighted by Crippen LogP contribution is -2.46. The molecular formula is C11H17F4NO3. The van der Waals surface area contributed by atoms with Gasteiger partial charge in [-0.2, -0.15) is 8.78 Å². The number of nitrogens with one attached hydrogen (secondary N) is 1. The van der Waals surface area contributed by atoms with E-state index in [1.54, 1.807) is 19.2 Å². The van der Waals surface area contributed by atoms with E-state index in [0.29, 0.717) is 6.42 Å². The summed E-state index contributed by atoms with van der Waals surface area (Å²) in [6, 6.07) is 0. The molecule has 0 saturated carbocycles. The lowest BCUT2D eigenvalue weighted by molar-refractivity contribution is -0.169. The topological polar surface area (TPSA) is 66.4 Å². The molecule has 1 atom stereocenters. The fourth-order valence-electron chi connectivity index (χ4n) is 1.61. The van der Waals surface area contributed by atoms with Crippen LogP contribution in [0.1, 0.15) is 26.7 Å². The van der Waals surface area contributed by atoms with Gasteiger partial charge in [0.1, 0.15) is 0 Å². The van der Waals surface area contributed by atoms with Gasteiger partial charge < -0.3 is 10.4 Å². The minimum absolute atomic E-state index is 0.0943. The quantitative estimate of drug-likeness (QED) is 0.672. The molecule has 2 N–H and O–H groups in total. The minimum atomic E-state index is -4.76. The van der Waals surface area contributed by atoms with Crippen molar-refractivity contribution in [1.29, 1.82) is 0 Å². The molecule has 1 unspecified atom stereocenters. The molecule has 0 aromatic carbocycles. The van der Waals surface area contributed by atoms with Crippen molar-refractivity contribution in [3.05, 3.63) is 0 Å². The molecule has 0 rings (SSSR count). The summed E-state index contributed by atoms with van der Waals surface area (Å²) in [5, 5.41) is 10.3. The first kappa shape index (κ1) is 17.7. The van der Waals surface area contributed by atoms with E-state index in [0.717, 1.165) is 0 Å². The van der Waals surface area contributed by atoms with Crippen LogP contribution in [0, 0.1) is 11.8 Å². The molecule has 112 valence electrons. The molecule has 0 fully saturated rings. The number of aliphatic carboxylic acids is 1. The zero-order chi connectivity index (χ0) is 15.2. The highest BCUT2D eigenvalue weighted by atomic mass is 19.3.